The van der Waals surface area contributed by atoms with Crippen molar-refractivity contribution in [2.45, 2.75) is 52.4 Å². The van der Waals surface area contributed by atoms with E-state index in [1.807, 2.05) is 12.2 Å². The molecule has 26 heavy (non-hydrogen) atoms. The molecule has 4 aliphatic rings. The Morgan fingerprint density at radius 1 is 1.27 bits per heavy atom. The molecule has 4 heteroatoms. The van der Waals surface area contributed by atoms with Gasteiger partial charge in [-0.3, -0.25) is 14.4 Å². The molecular weight excluding hydrogens is 328 g/mol. The average molecular weight is 354 g/mol. The van der Waals surface area contributed by atoms with Crippen LogP contribution in [0.2, 0.25) is 0 Å². The third-order valence-electron chi connectivity index (χ3n) is 7.63. The van der Waals surface area contributed by atoms with Crippen molar-refractivity contribution in [3.05, 3.63) is 35.5 Å². The van der Waals surface area contributed by atoms with Crippen molar-refractivity contribution in [1.29, 1.82) is 0 Å². The predicted molar refractivity (Wildman–Crippen MR) is 97.3 cm³/mol. The maximum atomic E-state index is 13.3. The van der Waals surface area contributed by atoms with Crippen molar-refractivity contribution in [2.24, 2.45) is 28.6 Å². The first-order valence-electron chi connectivity index (χ1n) is 9.64. The maximum absolute atomic E-state index is 13.3. The summed E-state index contributed by atoms with van der Waals surface area (Å²) in [6.45, 7) is 4.29. The largest absolute Gasteiger partial charge is 0.481 e. The highest BCUT2D eigenvalue weighted by molar-refractivity contribution is 6.01. The SMILES string of the molecule is C[C@]12C=CC(=O)C=C1CC[C@@H]1[C@@H]2C(=O)C[C@]2(C)C(=CCC(=O)O)CC[C@@H]12. The number of ketones is 2. The van der Waals surface area contributed by atoms with Crippen LogP contribution in [0, 0.1) is 28.6 Å². The standard InChI is InChI=1S/C22H26O4/c1-21-10-9-15(23)11-14(21)3-6-16-17-7-4-13(5-8-19(25)26)22(17,2)12-18(24)20(16)21/h5,9-11,16-17,20H,3-4,6-8,12H2,1-2H3,(H,25,26)/t16-,17-,20+,21-,22+/m0/s1. The molecule has 0 spiro atoms. The van der Waals surface area contributed by atoms with Gasteiger partial charge in [0.05, 0.1) is 6.42 Å². The molecule has 1 N–H and O–H groups in total. The van der Waals surface area contributed by atoms with Gasteiger partial charge in [-0.15, -0.1) is 0 Å². The molecule has 0 radical (unpaired) electrons. The summed E-state index contributed by atoms with van der Waals surface area (Å²) in [7, 11) is 0. The highest BCUT2D eigenvalue weighted by Gasteiger charge is 2.60. The first kappa shape index (κ1) is 17.4. The molecule has 0 aromatic rings. The van der Waals surface area contributed by atoms with Gasteiger partial charge in [-0.05, 0) is 55.1 Å². The third kappa shape index (κ3) is 2.38. The van der Waals surface area contributed by atoms with Gasteiger partial charge in [-0.1, -0.05) is 37.1 Å². The van der Waals surface area contributed by atoms with Crippen molar-refractivity contribution in [3.63, 3.8) is 0 Å². The summed E-state index contributed by atoms with van der Waals surface area (Å²) in [5.74, 6) is 0.185. The molecule has 0 saturated heterocycles. The van der Waals surface area contributed by atoms with Crippen LogP contribution in [0.1, 0.15) is 52.4 Å². The molecule has 4 aliphatic carbocycles. The normalized spacial score (nSPS) is 42.9. The Morgan fingerprint density at radius 2 is 2.04 bits per heavy atom. The molecule has 0 bridgehead atoms. The fourth-order valence-corrected chi connectivity index (χ4v) is 6.42. The van der Waals surface area contributed by atoms with Crippen LogP contribution in [0.5, 0.6) is 0 Å². The Kier molecular flexibility index (Phi) is 3.87. The second-order valence-corrected chi connectivity index (χ2v) is 8.90. The van der Waals surface area contributed by atoms with Crippen LogP contribution in [0.3, 0.4) is 0 Å². The zero-order chi connectivity index (χ0) is 18.7. The van der Waals surface area contributed by atoms with Crippen LogP contribution in [0.4, 0.5) is 0 Å². The van der Waals surface area contributed by atoms with Crippen LogP contribution in [0.15, 0.2) is 35.5 Å². The highest BCUT2D eigenvalue weighted by atomic mass is 16.4. The van der Waals surface area contributed by atoms with E-state index >= 15 is 0 Å². The van der Waals surface area contributed by atoms with Crippen LogP contribution in [-0.4, -0.2) is 22.6 Å². The van der Waals surface area contributed by atoms with E-state index < -0.39 is 5.97 Å². The Hall–Kier alpha value is -1.97. The zero-order valence-corrected chi connectivity index (χ0v) is 15.5. The minimum Gasteiger partial charge on any atom is -0.481 e. The van der Waals surface area contributed by atoms with E-state index in [0.717, 1.165) is 36.8 Å². The van der Waals surface area contributed by atoms with E-state index in [4.69, 9.17) is 5.11 Å². The van der Waals surface area contributed by atoms with E-state index in [9.17, 15) is 14.4 Å². The first-order chi connectivity index (χ1) is 12.3. The molecule has 3 saturated carbocycles. The topological polar surface area (TPSA) is 71.4 Å². The molecule has 5 atom stereocenters. The lowest BCUT2D eigenvalue weighted by atomic mass is 9.48. The van der Waals surface area contributed by atoms with Gasteiger partial charge in [-0.2, -0.15) is 0 Å². The van der Waals surface area contributed by atoms with Gasteiger partial charge >= 0.3 is 5.97 Å². The Morgan fingerprint density at radius 3 is 2.77 bits per heavy atom. The second kappa shape index (κ2) is 5.77. The van der Waals surface area contributed by atoms with E-state index in [2.05, 4.69) is 13.8 Å². The maximum Gasteiger partial charge on any atom is 0.307 e. The number of fused-ring (bicyclic) bond motifs is 5. The fourth-order valence-electron chi connectivity index (χ4n) is 6.42. The second-order valence-electron chi connectivity index (χ2n) is 8.90. The molecule has 0 aromatic carbocycles. The van der Waals surface area contributed by atoms with Gasteiger partial charge in [0.15, 0.2) is 5.78 Å². The summed E-state index contributed by atoms with van der Waals surface area (Å²) in [6.07, 6.45) is 11.5. The van der Waals surface area contributed by atoms with Gasteiger partial charge in [0, 0.05) is 17.8 Å². The average Bonchev–Trinajstić information content (AvgIpc) is 2.89. The van der Waals surface area contributed by atoms with E-state index in [1.165, 1.54) is 0 Å². The van der Waals surface area contributed by atoms with E-state index in [0.29, 0.717) is 18.3 Å². The van der Waals surface area contributed by atoms with Crippen LogP contribution < -0.4 is 0 Å². The van der Waals surface area contributed by atoms with Crippen LogP contribution in [-0.2, 0) is 14.4 Å². The van der Waals surface area contributed by atoms with Gasteiger partial charge in [0.25, 0.3) is 0 Å². The third-order valence-corrected chi connectivity index (χ3v) is 7.63. The lowest BCUT2D eigenvalue weighted by molar-refractivity contribution is -0.139. The molecule has 0 unspecified atom stereocenters. The van der Waals surface area contributed by atoms with Crippen molar-refractivity contribution in [1.82, 2.24) is 0 Å². The molecule has 4 rings (SSSR count). The number of Topliss-reactive ketones (excluding diaryl/α,β-unsaturated/α-hetero) is 1. The molecular formula is C22H26O4. The number of carboxylic acid groups (broad SMARTS) is 1. The number of aliphatic carboxylic acids is 1. The van der Waals surface area contributed by atoms with E-state index in [1.54, 1.807) is 12.2 Å². The quantitative estimate of drug-likeness (QED) is 0.764. The van der Waals surface area contributed by atoms with E-state index in [-0.39, 0.29) is 34.7 Å². The van der Waals surface area contributed by atoms with Crippen molar-refractivity contribution in [3.8, 4) is 0 Å². The molecule has 0 aromatic heterocycles. The number of carbonyl (C=O) groups is 3. The highest BCUT2D eigenvalue weighted by Crippen LogP contribution is 2.64. The molecule has 0 amide bonds. The van der Waals surface area contributed by atoms with Crippen molar-refractivity contribution < 1.29 is 19.5 Å². The number of hydrogen-bond acceptors (Lipinski definition) is 3. The summed E-state index contributed by atoms with van der Waals surface area (Å²) in [4.78, 5) is 36.1. The molecule has 0 aliphatic heterocycles. The van der Waals surface area contributed by atoms with Gasteiger partial charge in [0.1, 0.15) is 5.78 Å². The number of rotatable bonds is 2. The minimum atomic E-state index is -0.818. The zero-order valence-electron chi connectivity index (χ0n) is 15.5. The van der Waals surface area contributed by atoms with Crippen LogP contribution >= 0.6 is 0 Å². The summed E-state index contributed by atoms with van der Waals surface area (Å²) in [6, 6.07) is 0. The predicted octanol–water partition coefficient (Wildman–Crippen LogP) is 3.87. The van der Waals surface area contributed by atoms with Gasteiger partial charge in [-0.25, -0.2) is 0 Å². The molecule has 138 valence electrons. The van der Waals surface area contributed by atoms with Gasteiger partial charge < -0.3 is 5.11 Å². The number of allylic oxidation sites excluding steroid dienone is 5. The number of carbonyl (C=O) groups excluding carboxylic acids is 2. The summed E-state index contributed by atoms with van der Waals surface area (Å²) in [5, 5.41) is 9.03. The smallest absolute Gasteiger partial charge is 0.307 e. The number of carboxylic acids is 1. The monoisotopic (exact) mass is 354 g/mol. The Labute approximate surface area is 154 Å². The molecule has 3 fully saturated rings. The summed E-state index contributed by atoms with van der Waals surface area (Å²) < 4.78 is 0. The summed E-state index contributed by atoms with van der Waals surface area (Å²) >= 11 is 0. The lowest BCUT2D eigenvalue weighted by Crippen LogP contribution is -2.53. The lowest BCUT2D eigenvalue weighted by Gasteiger charge is -2.55. The number of hydrogen-bond donors (Lipinski definition) is 1. The Bertz CT molecular complexity index is 786. The molecule has 0 heterocycles. The fraction of sp³-hybridized carbons (Fsp3) is 0.591. The van der Waals surface area contributed by atoms with Crippen LogP contribution in [0.25, 0.3) is 0 Å². The van der Waals surface area contributed by atoms with Crippen molar-refractivity contribution in [2.75, 3.05) is 0 Å². The Balaban J connectivity index is 1.70. The van der Waals surface area contributed by atoms with Gasteiger partial charge in [0.2, 0.25) is 0 Å². The van der Waals surface area contributed by atoms with Crippen molar-refractivity contribution >= 4 is 17.5 Å². The summed E-state index contributed by atoms with van der Waals surface area (Å²) in [5.41, 5.74) is 1.75. The molecule has 4 nitrogen and oxygen atoms in total. The first-order valence-corrected chi connectivity index (χ1v) is 9.64. The minimum absolute atomic E-state index is 0.0313.